The fraction of sp³-hybridized carbons (Fsp3) is 0.536. The van der Waals surface area contributed by atoms with Crippen molar-refractivity contribution in [1.82, 2.24) is 0 Å². The van der Waals surface area contributed by atoms with Gasteiger partial charge in [0.25, 0.3) is 10.0 Å². The Morgan fingerprint density at radius 3 is 2.53 bits per heavy atom. The highest BCUT2D eigenvalue weighted by molar-refractivity contribution is 7.92. The summed E-state index contributed by atoms with van der Waals surface area (Å²) in [5.74, 6) is 0.403. The number of carbonyl (C=O) groups is 1. The molecule has 0 aromatic heterocycles. The summed E-state index contributed by atoms with van der Waals surface area (Å²) in [7, 11) is -2.65. The molecule has 0 amide bonds. The fourth-order valence-corrected chi connectivity index (χ4v) is 6.83. The van der Waals surface area contributed by atoms with Gasteiger partial charge in [0.15, 0.2) is 0 Å². The van der Waals surface area contributed by atoms with Crippen molar-refractivity contribution in [2.45, 2.75) is 69.7 Å². The van der Waals surface area contributed by atoms with Crippen LogP contribution in [0.5, 0.6) is 5.75 Å². The van der Waals surface area contributed by atoms with E-state index in [2.05, 4.69) is 19.9 Å². The van der Waals surface area contributed by atoms with E-state index in [1.54, 1.807) is 10.4 Å². The Bertz CT molecular complexity index is 1190. The van der Waals surface area contributed by atoms with E-state index in [0.29, 0.717) is 43.8 Å². The number of hydrogen-bond acceptors (Lipinski definition) is 6. The number of benzene rings is 2. The number of aryl methyl sites for hydroxylation is 1. The lowest BCUT2D eigenvalue weighted by Crippen LogP contribution is -2.43. The van der Waals surface area contributed by atoms with Crippen molar-refractivity contribution in [2.24, 2.45) is 5.92 Å². The highest BCUT2D eigenvalue weighted by Crippen LogP contribution is 2.38. The first-order valence-electron chi connectivity index (χ1n) is 12.9. The van der Waals surface area contributed by atoms with E-state index in [9.17, 15) is 13.2 Å². The van der Waals surface area contributed by atoms with Crippen LogP contribution in [0.4, 0.5) is 5.69 Å². The van der Waals surface area contributed by atoms with Crippen LogP contribution in [0.1, 0.15) is 73.9 Å². The van der Waals surface area contributed by atoms with Gasteiger partial charge in [0, 0.05) is 19.3 Å². The predicted molar refractivity (Wildman–Crippen MR) is 139 cm³/mol. The Hall–Kier alpha value is -2.58. The molecule has 0 radical (unpaired) electrons. The Morgan fingerprint density at radius 2 is 1.86 bits per heavy atom. The molecular formula is C28H37NO6S. The zero-order chi connectivity index (χ0) is 25.9. The van der Waals surface area contributed by atoms with Crippen LogP contribution in [0.15, 0.2) is 41.3 Å². The fourth-order valence-electron chi connectivity index (χ4n) is 5.01. The molecule has 36 heavy (non-hydrogen) atoms. The van der Waals surface area contributed by atoms with Gasteiger partial charge in [0.1, 0.15) is 11.3 Å². The molecule has 7 nitrogen and oxygen atoms in total. The standard InChI is InChI=1S/C28H37NO6S/c1-5-23-8-6-22-16-21(19(2)3)7-10-26(22)29(23)36(31,32)24-9-11-27(25(17-24)28(30)33-4)35-18-20-12-14-34-15-13-20/h7,9-11,16-17,19-20,23H,5-6,8,12-15,18H2,1-4H3/t23-/m0/s1. The highest BCUT2D eigenvalue weighted by Gasteiger charge is 2.36. The minimum Gasteiger partial charge on any atom is -0.492 e. The van der Waals surface area contributed by atoms with Crippen LogP contribution >= 0.6 is 0 Å². The summed E-state index contributed by atoms with van der Waals surface area (Å²) >= 11 is 0. The van der Waals surface area contributed by atoms with Crippen molar-refractivity contribution in [3.63, 3.8) is 0 Å². The minimum absolute atomic E-state index is 0.0561. The number of sulfonamides is 1. The zero-order valence-electron chi connectivity index (χ0n) is 21.7. The summed E-state index contributed by atoms with van der Waals surface area (Å²) in [6, 6.07) is 10.4. The van der Waals surface area contributed by atoms with Crippen molar-refractivity contribution >= 4 is 21.7 Å². The number of anilines is 1. The van der Waals surface area contributed by atoms with Gasteiger partial charge in [0.2, 0.25) is 0 Å². The molecule has 2 aliphatic rings. The molecule has 2 aromatic rings. The second-order valence-corrected chi connectivity index (χ2v) is 11.8. The number of carbonyl (C=O) groups excluding carboxylic acids is 1. The molecule has 0 aliphatic carbocycles. The Labute approximate surface area is 214 Å². The van der Waals surface area contributed by atoms with Crippen LogP contribution in [0.3, 0.4) is 0 Å². The van der Waals surface area contributed by atoms with E-state index in [1.807, 2.05) is 19.1 Å². The van der Waals surface area contributed by atoms with Crippen molar-refractivity contribution in [2.75, 3.05) is 31.2 Å². The Morgan fingerprint density at radius 1 is 1.11 bits per heavy atom. The zero-order valence-corrected chi connectivity index (χ0v) is 22.5. The van der Waals surface area contributed by atoms with Crippen LogP contribution in [0.25, 0.3) is 0 Å². The van der Waals surface area contributed by atoms with E-state index >= 15 is 0 Å². The third kappa shape index (κ3) is 5.39. The lowest BCUT2D eigenvalue weighted by molar-refractivity contribution is 0.0483. The summed E-state index contributed by atoms with van der Waals surface area (Å²) in [5, 5.41) is 0. The molecule has 196 valence electrons. The number of ether oxygens (including phenoxy) is 3. The maximum atomic E-state index is 14.0. The molecule has 0 unspecified atom stereocenters. The highest BCUT2D eigenvalue weighted by atomic mass is 32.2. The molecule has 8 heteroatoms. The van der Waals surface area contributed by atoms with Crippen molar-refractivity contribution in [3.8, 4) is 5.75 Å². The maximum Gasteiger partial charge on any atom is 0.341 e. The lowest BCUT2D eigenvalue weighted by atomic mass is 9.92. The van der Waals surface area contributed by atoms with E-state index in [4.69, 9.17) is 14.2 Å². The van der Waals surface area contributed by atoms with E-state index in [1.165, 1.54) is 24.8 Å². The number of fused-ring (bicyclic) bond motifs is 1. The van der Waals surface area contributed by atoms with Crippen LogP contribution in [0, 0.1) is 5.92 Å². The predicted octanol–water partition coefficient (Wildman–Crippen LogP) is 5.32. The van der Waals surface area contributed by atoms with Crippen LogP contribution in [-0.2, 0) is 25.9 Å². The quantitative estimate of drug-likeness (QED) is 0.443. The van der Waals surface area contributed by atoms with Crippen LogP contribution < -0.4 is 9.04 Å². The van der Waals surface area contributed by atoms with Crippen LogP contribution in [0.2, 0.25) is 0 Å². The number of rotatable bonds is 8. The largest absolute Gasteiger partial charge is 0.492 e. The Kier molecular flexibility index (Phi) is 8.25. The lowest BCUT2D eigenvalue weighted by Gasteiger charge is -2.38. The van der Waals surface area contributed by atoms with Gasteiger partial charge in [0.05, 0.1) is 24.3 Å². The van der Waals surface area contributed by atoms with Crippen molar-refractivity contribution in [3.05, 3.63) is 53.1 Å². The molecule has 2 heterocycles. The molecular weight excluding hydrogens is 478 g/mol. The smallest absolute Gasteiger partial charge is 0.341 e. The normalized spacial score (nSPS) is 18.7. The maximum absolute atomic E-state index is 14.0. The molecule has 2 aromatic carbocycles. The van der Waals surface area contributed by atoms with Gasteiger partial charge in [-0.05, 0) is 79.3 Å². The number of nitrogens with zero attached hydrogens (tertiary/aromatic N) is 1. The summed E-state index contributed by atoms with van der Waals surface area (Å²) in [5.41, 5.74) is 3.07. The van der Waals surface area contributed by atoms with Gasteiger partial charge >= 0.3 is 5.97 Å². The van der Waals surface area contributed by atoms with Gasteiger partial charge in [-0.15, -0.1) is 0 Å². The minimum atomic E-state index is -3.93. The second kappa shape index (κ2) is 11.2. The summed E-state index contributed by atoms with van der Waals surface area (Å²) in [6.07, 6.45) is 4.07. The first kappa shape index (κ1) is 26.5. The third-order valence-electron chi connectivity index (χ3n) is 7.29. The van der Waals surface area contributed by atoms with Gasteiger partial charge in [-0.1, -0.05) is 32.9 Å². The molecule has 0 bridgehead atoms. The molecule has 0 N–H and O–H groups in total. The summed E-state index contributed by atoms with van der Waals surface area (Å²) in [6.45, 7) is 8.11. The molecule has 1 atom stereocenters. The van der Waals surface area contributed by atoms with Crippen molar-refractivity contribution in [1.29, 1.82) is 0 Å². The number of methoxy groups -OCH3 is 1. The number of esters is 1. The van der Waals surface area contributed by atoms with Crippen molar-refractivity contribution < 1.29 is 27.4 Å². The average molecular weight is 516 g/mol. The van der Waals surface area contributed by atoms with Gasteiger partial charge < -0.3 is 14.2 Å². The topological polar surface area (TPSA) is 82.1 Å². The van der Waals surface area contributed by atoms with Gasteiger partial charge in [-0.25, -0.2) is 13.2 Å². The molecule has 1 saturated heterocycles. The SMILES string of the molecule is CC[C@H]1CCc2cc(C(C)C)ccc2N1S(=O)(=O)c1ccc(OCC2CCOCC2)c(C(=O)OC)c1. The number of hydrogen-bond donors (Lipinski definition) is 0. The first-order valence-corrected chi connectivity index (χ1v) is 14.3. The summed E-state index contributed by atoms with van der Waals surface area (Å²) in [4.78, 5) is 12.7. The third-order valence-corrected chi connectivity index (χ3v) is 9.15. The van der Waals surface area contributed by atoms with Gasteiger partial charge in [-0.2, -0.15) is 0 Å². The van der Waals surface area contributed by atoms with Crippen LogP contribution in [-0.4, -0.2) is 47.4 Å². The monoisotopic (exact) mass is 515 g/mol. The first-order chi connectivity index (χ1) is 17.3. The molecule has 4 rings (SSSR count). The molecule has 2 aliphatic heterocycles. The van der Waals surface area contributed by atoms with Gasteiger partial charge in [-0.3, -0.25) is 4.31 Å². The van der Waals surface area contributed by atoms with E-state index in [-0.39, 0.29) is 16.5 Å². The molecule has 1 fully saturated rings. The Balaban J connectivity index is 1.69. The van der Waals surface area contributed by atoms with E-state index < -0.39 is 16.0 Å². The average Bonchev–Trinajstić information content (AvgIpc) is 2.90. The van der Waals surface area contributed by atoms with E-state index in [0.717, 1.165) is 36.9 Å². The molecule has 0 saturated carbocycles. The molecule has 0 spiro atoms. The summed E-state index contributed by atoms with van der Waals surface area (Å²) < 4.78 is 46.0. The second-order valence-electron chi connectivity index (χ2n) is 9.96.